The van der Waals surface area contributed by atoms with Crippen LogP contribution in [0, 0.1) is 0 Å². The third kappa shape index (κ3) is 3.88. The van der Waals surface area contributed by atoms with Crippen molar-refractivity contribution >= 4 is 32.7 Å². The fourth-order valence-corrected chi connectivity index (χ4v) is 3.30. The molecule has 1 amide bonds. The summed E-state index contributed by atoms with van der Waals surface area (Å²) in [4.78, 5) is 31.3. The topological polar surface area (TPSA) is 64.4 Å². The van der Waals surface area contributed by atoms with E-state index in [0.717, 1.165) is 15.8 Å². The molecule has 3 aromatic rings. The molecular weight excluding hydrogens is 410 g/mol. The van der Waals surface area contributed by atoms with Crippen molar-refractivity contribution in [2.24, 2.45) is 0 Å². The summed E-state index contributed by atoms with van der Waals surface area (Å²) in [6, 6.07) is 12.7. The summed E-state index contributed by atoms with van der Waals surface area (Å²) in [5.74, 6) is 0.533. The first kappa shape index (κ1) is 19.1. The highest BCUT2D eigenvalue weighted by molar-refractivity contribution is 9.10. The number of halogens is 1. The normalized spacial score (nSPS) is 12.0. The molecule has 1 unspecified atom stereocenters. The molecule has 1 aromatic heterocycles. The summed E-state index contributed by atoms with van der Waals surface area (Å²) in [5.41, 5.74) is 1.26. The van der Waals surface area contributed by atoms with Gasteiger partial charge in [0.1, 0.15) is 12.3 Å². The van der Waals surface area contributed by atoms with Crippen molar-refractivity contribution in [1.82, 2.24) is 14.5 Å². The van der Waals surface area contributed by atoms with Crippen LogP contribution in [0.4, 0.5) is 0 Å². The van der Waals surface area contributed by atoms with Crippen molar-refractivity contribution in [3.8, 4) is 5.75 Å². The molecule has 140 valence electrons. The molecule has 0 N–H and O–H groups in total. The zero-order valence-electron chi connectivity index (χ0n) is 15.3. The average molecular weight is 430 g/mol. The fourth-order valence-electron chi connectivity index (χ4n) is 2.94. The van der Waals surface area contributed by atoms with Crippen molar-refractivity contribution in [3.63, 3.8) is 0 Å². The number of carbonyl (C=O) groups excluding carboxylic acids is 1. The van der Waals surface area contributed by atoms with Crippen LogP contribution in [-0.2, 0) is 11.3 Å². The minimum Gasteiger partial charge on any atom is -0.496 e. The first-order valence-electron chi connectivity index (χ1n) is 8.45. The van der Waals surface area contributed by atoms with Crippen LogP contribution < -0.4 is 10.3 Å². The van der Waals surface area contributed by atoms with Crippen LogP contribution in [0.1, 0.15) is 18.5 Å². The van der Waals surface area contributed by atoms with Gasteiger partial charge in [-0.15, -0.1) is 0 Å². The van der Waals surface area contributed by atoms with Gasteiger partial charge in [0.2, 0.25) is 5.91 Å². The second kappa shape index (κ2) is 7.92. The van der Waals surface area contributed by atoms with E-state index in [0.29, 0.717) is 10.9 Å². The number of hydrogen-bond donors (Lipinski definition) is 0. The van der Waals surface area contributed by atoms with E-state index in [2.05, 4.69) is 20.9 Å². The van der Waals surface area contributed by atoms with E-state index < -0.39 is 0 Å². The van der Waals surface area contributed by atoms with Gasteiger partial charge in [-0.25, -0.2) is 4.98 Å². The van der Waals surface area contributed by atoms with Crippen molar-refractivity contribution < 1.29 is 9.53 Å². The molecule has 1 atom stereocenters. The Kier molecular flexibility index (Phi) is 5.60. The number of carbonyl (C=O) groups is 1. The predicted molar refractivity (Wildman–Crippen MR) is 108 cm³/mol. The van der Waals surface area contributed by atoms with Gasteiger partial charge in [-0.1, -0.05) is 34.1 Å². The number of ether oxygens (including phenoxy) is 1. The Morgan fingerprint density at radius 2 is 2.04 bits per heavy atom. The van der Waals surface area contributed by atoms with E-state index in [-0.39, 0.29) is 24.1 Å². The lowest BCUT2D eigenvalue weighted by molar-refractivity contribution is -0.132. The summed E-state index contributed by atoms with van der Waals surface area (Å²) >= 11 is 3.36. The Morgan fingerprint density at radius 1 is 1.30 bits per heavy atom. The summed E-state index contributed by atoms with van der Waals surface area (Å²) < 4.78 is 7.51. The molecule has 0 bridgehead atoms. The Balaban J connectivity index is 1.85. The van der Waals surface area contributed by atoms with E-state index in [1.165, 1.54) is 10.9 Å². The summed E-state index contributed by atoms with van der Waals surface area (Å²) in [6.07, 6.45) is 1.41. The average Bonchev–Trinajstić information content (AvgIpc) is 2.69. The summed E-state index contributed by atoms with van der Waals surface area (Å²) in [6.45, 7) is 1.85. The molecule has 0 aliphatic heterocycles. The Bertz CT molecular complexity index is 1050. The van der Waals surface area contributed by atoms with Gasteiger partial charge < -0.3 is 9.64 Å². The molecule has 0 fully saturated rings. The van der Waals surface area contributed by atoms with E-state index in [4.69, 9.17) is 4.74 Å². The summed E-state index contributed by atoms with van der Waals surface area (Å²) in [7, 11) is 3.32. The van der Waals surface area contributed by atoms with Crippen molar-refractivity contribution in [2.75, 3.05) is 14.2 Å². The van der Waals surface area contributed by atoms with Crippen LogP contribution in [0.25, 0.3) is 10.9 Å². The molecule has 0 aliphatic carbocycles. The first-order valence-corrected chi connectivity index (χ1v) is 9.25. The first-order chi connectivity index (χ1) is 12.9. The number of methoxy groups -OCH3 is 1. The molecule has 0 saturated heterocycles. The molecule has 0 saturated carbocycles. The highest BCUT2D eigenvalue weighted by Gasteiger charge is 2.21. The maximum Gasteiger partial charge on any atom is 0.261 e. The van der Waals surface area contributed by atoms with E-state index >= 15 is 0 Å². The molecule has 6 nitrogen and oxygen atoms in total. The third-order valence-electron chi connectivity index (χ3n) is 4.66. The predicted octanol–water partition coefficient (Wildman–Crippen LogP) is 3.39. The van der Waals surface area contributed by atoms with Crippen LogP contribution in [0.2, 0.25) is 0 Å². The molecule has 3 rings (SSSR count). The van der Waals surface area contributed by atoms with Gasteiger partial charge in [-0.3, -0.25) is 14.2 Å². The van der Waals surface area contributed by atoms with Gasteiger partial charge in [0.05, 0.1) is 30.4 Å². The lowest BCUT2D eigenvalue weighted by Gasteiger charge is -2.26. The minimum atomic E-state index is -0.243. The molecule has 1 heterocycles. The second-order valence-electron chi connectivity index (χ2n) is 6.26. The number of fused-ring (bicyclic) bond motifs is 1. The van der Waals surface area contributed by atoms with E-state index in [9.17, 15) is 9.59 Å². The van der Waals surface area contributed by atoms with Crippen LogP contribution in [-0.4, -0.2) is 34.5 Å². The van der Waals surface area contributed by atoms with Gasteiger partial charge in [0.25, 0.3) is 5.56 Å². The molecule has 0 radical (unpaired) electrons. The lowest BCUT2D eigenvalue weighted by atomic mass is 10.1. The maximum atomic E-state index is 12.8. The van der Waals surface area contributed by atoms with Gasteiger partial charge >= 0.3 is 0 Å². The van der Waals surface area contributed by atoms with E-state index in [1.807, 2.05) is 37.3 Å². The van der Waals surface area contributed by atoms with Crippen LogP contribution >= 0.6 is 15.9 Å². The highest BCUT2D eigenvalue weighted by Crippen LogP contribution is 2.28. The largest absolute Gasteiger partial charge is 0.496 e. The number of rotatable bonds is 5. The SMILES string of the molecule is COc1ccccc1C(C)N(C)C(=O)Cn1cnc2ccc(Br)cc2c1=O. The van der Waals surface area contributed by atoms with Crippen LogP contribution in [0.3, 0.4) is 0 Å². The molecular formula is C20H20BrN3O3. The van der Waals surface area contributed by atoms with Crippen molar-refractivity contribution in [3.05, 3.63) is 69.2 Å². The number of likely N-dealkylation sites (N-methyl/N-ethyl adjacent to an activating group) is 1. The zero-order valence-corrected chi connectivity index (χ0v) is 16.9. The maximum absolute atomic E-state index is 12.8. The molecule has 0 aliphatic rings. The highest BCUT2D eigenvalue weighted by atomic mass is 79.9. The van der Waals surface area contributed by atoms with Gasteiger partial charge in [0.15, 0.2) is 0 Å². The minimum absolute atomic E-state index is 0.0791. The number of nitrogens with zero attached hydrogens (tertiary/aromatic N) is 3. The summed E-state index contributed by atoms with van der Waals surface area (Å²) in [5, 5.41) is 0.472. The third-order valence-corrected chi connectivity index (χ3v) is 5.15. The molecule has 2 aromatic carbocycles. The quantitative estimate of drug-likeness (QED) is 0.623. The van der Waals surface area contributed by atoms with E-state index in [1.54, 1.807) is 31.2 Å². The van der Waals surface area contributed by atoms with Crippen molar-refractivity contribution in [2.45, 2.75) is 19.5 Å². The number of para-hydroxylation sites is 1. The smallest absolute Gasteiger partial charge is 0.261 e. The Labute approximate surface area is 165 Å². The Morgan fingerprint density at radius 3 is 2.78 bits per heavy atom. The standard InChI is InChI=1S/C20H20BrN3O3/c1-13(15-6-4-5-7-18(15)27-3)23(2)19(25)11-24-12-22-17-9-8-14(21)10-16(17)20(24)26/h4-10,12-13H,11H2,1-3H3. The fraction of sp³-hybridized carbons (Fsp3) is 0.250. The Hall–Kier alpha value is -2.67. The number of amides is 1. The van der Waals surface area contributed by atoms with Crippen LogP contribution in [0.5, 0.6) is 5.75 Å². The van der Waals surface area contributed by atoms with Gasteiger partial charge in [-0.2, -0.15) is 0 Å². The molecule has 7 heteroatoms. The molecule has 27 heavy (non-hydrogen) atoms. The number of hydrogen-bond acceptors (Lipinski definition) is 4. The second-order valence-corrected chi connectivity index (χ2v) is 7.18. The van der Waals surface area contributed by atoms with Crippen molar-refractivity contribution in [1.29, 1.82) is 0 Å². The van der Waals surface area contributed by atoms with Crippen LogP contribution in [0.15, 0.2) is 58.1 Å². The molecule has 0 spiro atoms. The van der Waals surface area contributed by atoms with Gasteiger partial charge in [-0.05, 0) is 31.2 Å². The zero-order chi connectivity index (χ0) is 19.6. The number of aromatic nitrogens is 2. The lowest BCUT2D eigenvalue weighted by Crippen LogP contribution is -2.35. The monoisotopic (exact) mass is 429 g/mol. The van der Waals surface area contributed by atoms with Gasteiger partial charge in [0, 0.05) is 17.1 Å². The number of benzene rings is 2.